The van der Waals surface area contributed by atoms with Crippen LogP contribution in [-0.4, -0.2) is 8.42 Å². The molecule has 0 atom stereocenters. The lowest BCUT2D eigenvalue weighted by Crippen LogP contribution is -2.12. The number of ether oxygens (including phenoxy) is 1. The third-order valence-electron chi connectivity index (χ3n) is 2.65. The number of nitrogen functional groups attached to an aromatic ring is 1. The monoisotopic (exact) mass is 296 g/mol. The van der Waals surface area contributed by atoms with Gasteiger partial charge in [-0.25, -0.2) is 17.9 Å². The van der Waals surface area contributed by atoms with Crippen LogP contribution in [0.1, 0.15) is 5.56 Å². The quantitative estimate of drug-likeness (QED) is 0.848. The van der Waals surface area contributed by atoms with Crippen molar-refractivity contribution in [2.45, 2.75) is 11.8 Å². The van der Waals surface area contributed by atoms with Gasteiger partial charge in [-0.2, -0.15) is 0 Å². The molecule has 7 heteroatoms. The molecule has 0 fully saturated rings. The van der Waals surface area contributed by atoms with Crippen LogP contribution in [-0.2, 0) is 10.0 Å². The van der Waals surface area contributed by atoms with Crippen LogP contribution >= 0.6 is 0 Å². The highest BCUT2D eigenvalue weighted by atomic mass is 32.2. The molecular formula is C13H13FN2O3S. The Kier molecular flexibility index (Phi) is 3.65. The molecule has 0 saturated carbocycles. The molecule has 106 valence electrons. The molecule has 0 amide bonds. The van der Waals surface area contributed by atoms with E-state index >= 15 is 0 Å². The summed E-state index contributed by atoms with van der Waals surface area (Å²) in [6.45, 7) is 1.77. The first kappa shape index (κ1) is 14.3. The van der Waals surface area contributed by atoms with Crippen molar-refractivity contribution < 1.29 is 17.5 Å². The van der Waals surface area contributed by atoms with Crippen LogP contribution in [0.5, 0.6) is 11.5 Å². The highest BCUT2D eigenvalue weighted by Gasteiger charge is 2.13. The molecule has 0 aliphatic heterocycles. The zero-order valence-electron chi connectivity index (χ0n) is 10.6. The maximum atomic E-state index is 13.8. The number of primary sulfonamides is 1. The number of anilines is 1. The summed E-state index contributed by atoms with van der Waals surface area (Å²) in [7, 11) is -3.94. The average Bonchev–Trinajstić information content (AvgIpc) is 2.33. The third-order valence-corrected chi connectivity index (χ3v) is 3.56. The SMILES string of the molecule is Cc1cc(N)ccc1Oc1ccc(S(N)(=O)=O)cc1F. The number of hydrogen-bond acceptors (Lipinski definition) is 4. The van der Waals surface area contributed by atoms with Gasteiger partial charge in [-0.15, -0.1) is 0 Å². The number of hydrogen-bond donors (Lipinski definition) is 2. The summed E-state index contributed by atoms with van der Waals surface area (Å²) < 4.78 is 41.4. The van der Waals surface area contributed by atoms with Crippen LogP contribution in [0.4, 0.5) is 10.1 Å². The molecule has 0 spiro atoms. The van der Waals surface area contributed by atoms with Gasteiger partial charge in [-0.1, -0.05) is 0 Å². The first-order chi connectivity index (χ1) is 9.27. The second-order valence-corrected chi connectivity index (χ2v) is 5.83. The van der Waals surface area contributed by atoms with Crippen LogP contribution in [0.15, 0.2) is 41.3 Å². The maximum Gasteiger partial charge on any atom is 0.238 e. The second-order valence-electron chi connectivity index (χ2n) is 4.26. The molecule has 0 radical (unpaired) electrons. The fraction of sp³-hybridized carbons (Fsp3) is 0.0769. The smallest absolute Gasteiger partial charge is 0.238 e. The summed E-state index contributed by atoms with van der Waals surface area (Å²) in [5.41, 5.74) is 6.91. The van der Waals surface area contributed by atoms with Crippen LogP contribution in [0.3, 0.4) is 0 Å². The van der Waals surface area contributed by atoms with Crippen molar-refractivity contribution >= 4 is 15.7 Å². The fourth-order valence-electron chi connectivity index (χ4n) is 1.65. The first-order valence-electron chi connectivity index (χ1n) is 5.64. The standard InChI is InChI=1S/C13H13FN2O3S/c1-8-6-9(15)2-4-12(8)19-13-5-3-10(7-11(13)14)20(16,17)18/h2-7H,15H2,1H3,(H2,16,17,18). The molecule has 4 N–H and O–H groups in total. The molecule has 0 bridgehead atoms. The average molecular weight is 296 g/mol. The topological polar surface area (TPSA) is 95.4 Å². The number of aryl methyl sites for hydroxylation is 1. The van der Waals surface area contributed by atoms with E-state index < -0.39 is 15.8 Å². The maximum absolute atomic E-state index is 13.8. The van der Waals surface area contributed by atoms with Gasteiger partial charge in [-0.05, 0) is 48.9 Å². The van der Waals surface area contributed by atoms with Gasteiger partial charge in [0.15, 0.2) is 11.6 Å². The lowest BCUT2D eigenvalue weighted by atomic mass is 10.2. The molecule has 0 heterocycles. The summed E-state index contributed by atoms with van der Waals surface area (Å²) in [5, 5.41) is 4.92. The van der Waals surface area contributed by atoms with E-state index in [1.54, 1.807) is 25.1 Å². The summed E-state index contributed by atoms with van der Waals surface area (Å²) >= 11 is 0. The summed E-state index contributed by atoms with van der Waals surface area (Å²) in [5.74, 6) is -0.473. The number of rotatable bonds is 3. The zero-order chi connectivity index (χ0) is 14.9. The van der Waals surface area contributed by atoms with Gasteiger partial charge in [0.05, 0.1) is 4.90 Å². The van der Waals surface area contributed by atoms with E-state index in [1.807, 2.05) is 0 Å². The molecule has 0 saturated heterocycles. The van der Waals surface area contributed by atoms with Gasteiger partial charge in [-0.3, -0.25) is 0 Å². The largest absolute Gasteiger partial charge is 0.454 e. The molecule has 5 nitrogen and oxygen atoms in total. The van der Waals surface area contributed by atoms with Crippen molar-refractivity contribution in [3.8, 4) is 11.5 Å². The van der Waals surface area contributed by atoms with Gasteiger partial charge in [0.1, 0.15) is 5.75 Å². The van der Waals surface area contributed by atoms with Crippen molar-refractivity contribution in [2.75, 3.05) is 5.73 Å². The summed E-state index contributed by atoms with van der Waals surface area (Å²) in [4.78, 5) is -0.309. The van der Waals surface area contributed by atoms with Crippen LogP contribution in [0, 0.1) is 12.7 Å². The van der Waals surface area contributed by atoms with E-state index in [9.17, 15) is 12.8 Å². The predicted octanol–water partition coefficient (Wildman–Crippen LogP) is 2.16. The molecule has 0 aromatic heterocycles. The van der Waals surface area contributed by atoms with Gasteiger partial charge in [0, 0.05) is 5.69 Å². The van der Waals surface area contributed by atoms with E-state index in [-0.39, 0.29) is 10.6 Å². The fourth-order valence-corrected chi connectivity index (χ4v) is 2.17. The molecular weight excluding hydrogens is 283 g/mol. The van der Waals surface area contributed by atoms with Crippen LogP contribution < -0.4 is 15.6 Å². The highest BCUT2D eigenvalue weighted by Crippen LogP contribution is 2.29. The number of halogens is 1. The molecule has 2 rings (SSSR count). The minimum Gasteiger partial charge on any atom is -0.454 e. The van der Waals surface area contributed by atoms with Crippen molar-refractivity contribution in [3.05, 3.63) is 47.8 Å². The van der Waals surface area contributed by atoms with E-state index in [1.165, 1.54) is 12.1 Å². The Balaban J connectivity index is 2.35. The summed E-state index contributed by atoms with van der Waals surface area (Å²) in [6.07, 6.45) is 0. The molecule has 2 aromatic carbocycles. The highest BCUT2D eigenvalue weighted by molar-refractivity contribution is 7.89. The number of benzene rings is 2. The molecule has 0 aliphatic rings. The Morgan fingerprint density at radius 3 is 2.30 bits per heavy atom. The normalized spacial score (nSPS) is 11.3. The van der Waals surface area contributed by atoms with E-state index in [0.29, 0.717) is 11.4 Å². The van der Waals surface area contributed by atoms with Gasteiger partial charge in [0.25, 0.3) is 0 Å². The Morgan fingerprint density at radius 1 is 1.10 bits per heavy atom. The second kappa shape index (κ2) is 5.10. The van der Waals surface area contributed by atoms with Crippen LogP contribution in [0.25, 0.3) is 0 Å². The number of nitrogens with two attached hydrogens (primary N) is 2. The van der Waals surface area contributed by atoms with Crippen molar-refractivity contribution in [1.29, 1.82) is 0 Å². The third kappa shape index (κ3) is 3.06. The lowest BCUT2D eigenvalue weighted by molar-refractivity contribution is 0.438. The Labute approximate surface area is 116 Å². The van der Waals surface area contributed by atoms with Gasteiger partial charge in [0.2, 0.25) is 10.0 Å². The molecule has 0 unspecified atom stereocenters. The lowest BCUT2D eigenvalue weighted by Gasteiger charge is -2.10. The van der Waals surface area contributed by atoms with E-state index in [2.05, 4.69) is 0 Å². The molecule has 20 heavy (non-hydrogen) atoms. The van der Waals surface area contributed by atoms with Gasteiger partial charge >= 0.3 is 0 Å². The Bertz CT molecular complexity index is 760. The predicted molar refractivity (Wildman–Crippen MR) is 73.4 cm³/mol. The van der Waals surface area contributed by atoms with Crippen molar-refractivity contribution in [1.82, 2.24) is 0 Å². The zero-order valence-corrected chi connectivity index (χ0v) is 11.4. The first-order valence-corrected chi connectivity index (χ1v) is 7.18. The minimum atomic E-state index is -3.94. The van der Waals surface area contributed by atoms with Crippen molar-refractivity contribution in [3.63, 3.8) is 0 Å². The van der Waals surface area contributed by atoms with Gasteiger partial charge < -0.3 is 10.5 Å². The number of sulfonamides is 1. The Hall–Kier alpha value is -2.12. The van der Waals surface area contributed by atoms with E-state index in [0.717, 1.165) is 11.6 Å². The Morgan fingerprint density at radius 2 is 1.75 bits per heavy atom. The van der Waals surface area contributed by atoms with E-state index in [4.69, 9.17) is 15.6 Å². The van der Waals surface area contributed by atoms with Crippen LogP contribution in [0.2, 0.25) is 0 Å². The molecule has 2 aromatic rings. The summed E-state index contributed by atoms with van der Waals surface area (Å²) in [6, 6.07) is 8.13. The molecule has 0 aliphatic carbocycles. The van der Waals surface area contributed by atoms with Crippen molar-refractivity contribution in [2.24, 2.45) is 5.14 Å². The minimum absolute atomic E-state index is 0.0923.